The first-order chi connectivity index (χ1) is 14.7. The molecule has 5 rings (SSSR count). The van der Waals surface area contributed by atoms with Crippen molar-refractivity contribution in [3.05, 3.63) is 83.9 Å². The van der Waals surface area contributed by atoms with Crippen LogP contribution in [-0.2, 0) is 0 Å². The Balaban J connectivity index is 1.59. The van der Waals surface area contributed by atoms with Crippen LogP contribution in [0.4, 0.5) is 11.5 Å². The van der Waals surface area contributed by atoms with Gasteiger partial charge in [-0.3, -0.25) is 0 Å². The molecule has 0 radical (unpaired) electrons. The monoisotopic (exact) mass is 393 g/mol. The van der Waals surface area contributed by atoms with Crippen molar-refractivity contribution in [3.63, 3.8) is 0 Å². The zero-order chi connectivity index (χ0) is 20.5. The molecule has 2 aromatic heterocycles. The van der Waals surface area contributed by atoms with Gasteiger partial charge in [0.05, 0.1) is 5.52 Å². The van der Waals surface area contributed by atoms with Crippen molar-refractivity contribution in [1.29, 1.82) is 0 Å². The van der Waals surface area contributed by atoms with Crippen molar-refractivity contribution in [2.24, 2.45) is 0 Å². The van der Waals surface area contributed by atoms with Gasteiger partial charge in [-0.2, -0.15) is 0 Å². The Morgan fingerprint density at radius 2 is 1.50 bits per heavy atom. The average molecular weight is 393 g/mol. The van der Waals surface area contributed by atoms with Crippen LogP contribution in [0, 0.1) is 13.8 Å². The summed E-state index contributed by atoms with van der Waals surface area (Å²) in [5, 5.41) is 12.7. The fourth-order valence-corrected chi connectivity index (χ4v) is 3.34. The van der Waals surface area contributed by atoms with Crippen molar-refractivity contribution in [2.45, 2.75) is 13.8 Å². The lowest BCUT2D eigenvalue weighted by Crippen LogP contribution is -1.99. The van der Waals surface area contributed by atoms with Gasteiger partial charge in [0.25, 0.3) is 5.89 Å². The number of anilines is 2. The van der Waals surface area contributed by atoms with Crippen LogP contribution >= 0.6 is 0 Å². The van der Waals surface area contributed by atoms with E-state index in [4.69, 9.17) is 9.40 Å². The van der Waals surface area contributed by atoms with Crippen LogP contribution in [0.2, 0.25) is 0 Å². The number of hydrogen-bond acceptors (Lipinski definition) is 6. The summed E-state index contributed by atoms with van der Waals surface area (Å²) in [6.07, 6.45) is 0. The summed E-state index contributed by atoms with van der Waals surface area (Å²) in [4.78, 5) is 9.34. The van der Waals surface area contributed by atoms with Crippen molar-refractivity contribution in [1.82, 2.24) is 20.2 Å². The molecule has 30 heavy (non-hydrogen) atoms. The molecule has 5 aromatic rings. The molecule has 0 saturated heterocycles. The second kappa shape index (κ2) is 7.40. The van der Waals surface area contributed by atoms with Gasteiger partial charge in [-0.25, -0.2) is 9.97 Å². The van der Waals surface area contributed by atoms with Gasteiger partial charge in [0.2, 0.25) is 11.7 Å². The SMILES string of the molecule is Cc1cccc(Nc2nc(-c3nnc(-c4cccc(C)c4)o3)nc3ccccc23)c1. The molecule has 3 aromatic carbocycles. The van der Waals surface area contributed by atoms with Crippen LogP contribution in [0.15, 0.2) is 77.2 Å². The Morgan fingerprint density at radius 3 is 2.33 bits per heavy atom. The zero-order valence-electron chi connectivity index (χ0n) is 16.6. The molecular formula is C24H19N5O. The first-order valence-corrected chi connectivity index (χ1v) is 9.67. The van der Waals surface area contributed by atoms with Gasteiger partial charge in [0, 0.05) is 16.6 Å². The highest BCUT2D eigenvalue weighted by Crippen LogP contribution is 2.28. The topological polar surface area (TPSA) is 76.7 Å². The molecule has 0 unspecified atom stereocenters. The standard InChI is InChI=1S/C24H19N5O/c1-15-7-5-9-17(13-15)23-28-29-24(30-23)22-26-20-12-4-3-11-19(20)21(27-22)25-18-10-6-8-16(2)14-18/h3-14H,1-2H3,(H,25,26,27). The van der Waals surface area contributed by atoms with E-state index >= 15 is 0 Å². The van der Waals surface area contributed by atoms with Gasteiger partial charge in [0.1, 0.15) is 5.82 Å². The number of hydrogen-bond donors (Lipinski definition) is 1. The number of rotatable bonds is 4. The van der Waals surface area contributed by atoms with Crippen LogP contribution in [0.1, 0.15) is 11.1 Å². The summed E-state index contributed by atoms with van der Waals surface area (Å²) in [5.41, 5.74) is 4.91. The Kier molecular flexibility index (Phi) is 4.44. The molecule has 6 nitrogen and oxygen atoms in total. The van der Waals surface area contributed by atoms with Crippen LogP contribution in [0.25, 0.3) is 34.1 Å². The molecule has 6 heteroatoms. The lowest BCUT2D eigenvalue weighted by molar-refractivity contribution is 0.579. The summed E-state index contributed by atoms with van der Waals surface area (Å²) < 4.78 is 5.91. The van der Waals surface area contributed by atoms with E-state index in [1.165, 1.54) is 5.56 Å². The zero-order valence-corrected chi connectivity index (χ0v) is 16.6. The molecule has 0 fully saturated rings. The number of aryl methyl sites for hydroxylation is 2. The highest BCUT2D eigenvalue weighted by Gasteiger charge is 2.16. The van der Waals surface area contributed by atoms with E-state index < -0.39 is 0 Å². The van der Waals surface area contributed by atoms with Gasteiger partial charge in [0.15, 0.2) is 0 Å². The maximum atomic E-state index is 5.91. The number of nitrogens with zero attached hydrogens (tertiary/aromatic N) is 4. The molecule has 0 aliphatic heterocycles. The Morgan fingerprint density at radius 1 is 0.733 bits per heavy atom. The number of aromatic nitrogens is 4. The molecule has 0 aliphatic rings. The Hall–Kier alpha value is -4.06. The first-order valence-electron chi connectivity index (χ1n) is 9.67. The Labute approximate surface area is 173 Å². The highest BCUT2D eigenvalue weighted by atomic mass is 16.4. The van der Waals surface area contributed by atoms with Crippen molar-refractivity contribution in [3.8, 4) is 23.2 Å². The number of fused-ring (bicyclic) bond motifs is 1. The van der Waals surface area contributed by atoms with Crippen molar-refractivity contribution in [2.75, 3.05) is 5.32 Å². The lowest BCUT2D eigenvalue weighted by Gasteiger charge is -2.10. The molecule has 2 heterocycles. The maximum absolute atomic E-state index is 5.91. The van der Waals surface area contributed by atoms with Gasteiger partial charge in [-0.05, 0) is 55.8 Å². The van der Waals surface area contributed by atoms with E-state index in [1.54, 1.807) is 0 Å². The second-order valence-electron chi connectivity index (χ2n) is 7.19. The summed E-state index contributed by atoms with van der Waals surface area (Å²) in [6.45, 7) is 4.08. The molecule has 0 amide bonds. The summed E-state index contributed by atoms with van der Waals surface area (Å²) in [5.74, 6) is 1.80. The molecule has 0 atom stereocenters. The third-order valence-corrected chi connectivity index (χ3v) is 4.77. The van der Waals surface area contributed by atoms with Crippen LogP contribution < -0.4 is 5.32 Å². The van der Waals surface area contributed by atoms with Crippen LogP contribution in [0.5, 0.6) is 0 Å². The minimum atomic E-state index is 0.282. The first kappa shape index (κ1) is 18.0. The molecule has 1 N–H and O–H groups in total. The van der Waals surface area contributed by atoms with Gasteiger partial charge < -0.3 is 9.73 Å². The van der Waals surface area contributed by atoms with E-state index in [0.717, 1.165) is 27.7 Å². The lowest BCUT2D eigenvalue weighted by atomic mass is 10.1. The molecule has 0 bridgehead atoms. The van der Waals surface area contributed by atoms with Gasteiger partial charge in [-0.1, -0.05) is 42.0 Å². The fraction of sp³-hybridized carbons (Fsp3) is 0.0833. The van der Waals surface area contributed by atoms with Crippen LogP contribution in [0.3, 0.4) is 0 Å². The van der Waals surface area contributed by atoms with E-state index in [2.05, 4.69) is 39.6 Å². The predicted octanol–water partition coefficient (Wildman–Crippen LogP) is 5.71. The highest BCUT2D eigenvalue weighted by molar-refractivity contribution is 5.91. The smallest absolute Gasteiger partial charge is 0.286 e. The number of para-hydroxylation sites is 1. The van der Waals surface area contributed by atoms with E-state index in [0.29, 0.717) is 17.5 Å². The van der Waals surface area contributed by atoms with E-state index in [-0.39, 0.29) is 5.89 Å². The predicted molar refractivity (Wildman–Crippen MR) is 117 cm³/mol. The molecule has 0 saturated carbocycles. The minimum Gasteiger partial charge on any atom is -0.413 e. The summed E-state index contributed by atoms with van der Waals surface area (Å²) >= 11 is 0. The van der Waals surface area contributed by atoms with Crippen molar-refractivity contribution < 1.29 is 4.42 Å². The quantitative estimate of drug-likeness (QED) is 0.422. The maximum Gasteiger partial charge on any atom is 0.286 e. The third-order valence-electron chi connectivity index (χ3n) is 4.77. The third kappa shape index (κ3) is 3.51. The largest absolute Gasteiger partial charge is 0.413 e. The van der Waals surface area contributed by atoms with Crippen LogP contribution in [-0.4, -0.2) is 20.2 Å². The second-order valence-corrected chi connectivity index (χ2v) is 7.19. The normalized spacial score (nSPS) is 11.0. The van der Waals surface area contributed by atoms with Gasteiger partial charge in [-0.15, -0.1) is 10.2 Å². The summed E-state index contributed by atoms with van der Waals surface area (Å²) in [7, 11) is 0. The number of benzene rings is 3. The minimum absolute atomic E-state index is 0.282. The average Bonchev–Trinajstić information content (AvgIpc) is 3.24. The molecule has 0 spiro atoms. The summed E-state index contributed by atoms with van der Waals surface area (Å²) in [6, 6.07) is 23.9. The molecule has 0 aliphatic carbocycles. The molecule has 146 valence electrons. The van der Waals surface area contributed by atoms with E-state index in [9.17, 15) is 0 Å². The Bertz CT molecular complexity index is 1360. The van der Waals surface area contributed by atoms with Crippen molar-refractivity contribution >= 4 is 22.4 Å². The molecular weight excluding hydrogens is 374 g/mol. The fourth-order valence-electron chi connectivity index (χ4n) is 3.34. The number of nitrogens with one attached hydrogen (secondary N) is 1. The van der Waals surface area contributed by atoms with E-state index in [1.807, 2.05) is 67.6 Å². The van der Waals surface area contributed by atoms with Gasteiger partial charge >= 0.3 is 0 Å².